The van der Waals surface area contributed by atoms with Crippen LogP contribution in [-0.2, 0) is 4.79 Å². The maximum Gasteiger partial charge on any atom is 0.274 e. The zero-order valence-corrected chi connectivity index (χ0v) is 16.4. The van der Waals surface area contributed by atoms with Crippen LogP contribution in [0.4, 0.5) is 5.69 Å². The van der Waals surface area contributed by atoms with Crippen molar-refractivity contribution in [2.45, 2.75) is 33.7 Å². The van der Waals surface area contributed by atoms with Crippen LogP contribution in [0.25, 0.3) is 5.69 Å². The fourth-order valence-electron chi connectivity index (χ4n) is 2.98. The van der Waals surface area contributed by atoms with E-state index in [-0.39, 0.29) is 23.6 Å². The molecule has 3 rings (SSSR count). The Hall–Kier alpha value is -3.48. The summed E-state index contributed by atoms with van der Waals surface area (Å²) >= 11 is 0. The largest absolute Gasteiger partial charge is 0.344 e. The van der Waals surface area contributed by atoms with Crippen LogP contribution in [-0.4, -0.2) is 26.8 Å². The third kappa shape index (κ3) is 4.25. The molecule has 0 bridgehead atoms. The molecule has 28 heavy (non-hydrogen) atoms. The maximum absolute atomic E-state index is 12.7. The monoisotopic (exact) mass is 377 g/mol. The van der Waals surface area contributed by atoms with Gasteiger partial charge in [0.2, 0.25) is 5.91 Å². The van der Waals surface area contributed by atoms with Crippen molar-refractivity contribution in [3.63, 3.8) is 0 Å². The van der Waals surface area contributed by atoms with Gasteiger partial charge in [0.05, 0.1) is 17.4 Å². The minimum Gasteiger partial charge on any atom is -0.344 e. The van der Waals surface area contributed by atoms with Crippen LogP contribution >= 0.6 is 0 Å². The van der Waals surface area contributed by atoms with E-state index in [1.807, 2.05) is 63.2 Å². The molecule has 3 aromatic rings. The van der Waals surface area contributed by atoms with E-state index in [4.69, 9.17) is 0 Å². The number of nitrogens with zero attached hydrogens (tertiary/aromatic N) is 3. The lowest BCUT2D eigenvalue weighted by atomic mass is 10.1. The zero-order chi connectivity index (χ0) is 20.3. The third-order valence-electron chi connectivity index (χ3n) is 4.41. The number of hydrogen-bond acceptors (Lipinski definition) is 4. The third-order valence-corrected chi connectivity index (χ3v) is 4.41. The van der Waals surface area contributed by atoms with E-state index < -0.39 is 0 Å². The van der Waals surface area contributed by atoms with Crippen molar-refractivity contribution in [3.05, 3.63) is 71.0 Å². The van der Waals surface area contributed by atoms with E-state index in [0.29, 0.717) is 11.4 Å². The number of amides is 2. The number of carbonyl (C=O) groups excluding carboxylic acids is 2. The van der Waals surface area contributed by atoms with E-state index in [1.165, 1.54) is 6.92 Å². The van der Waals surface area contributed by atoms with Gasteiger partial charge in [0.1, 0.15) is 0 Å². The van der Waals surface area contributed by atoms with Gasteiger partial charge in [-0.2, -0.15) is 0 Å². The number of aromatic nitrogens is 3. The predicted octanol–water partition coefficient (Wildman–Crippen LogP) is 3.33. The highest BCUT2D eigenvalue weighted by atomic mass is 16.2. The molecule has 0 spiro atoms. The first-order chi connectivity index (χ1) is 13.3. The van der Waals surface area contributed by atoms with E-state index in [2.05, 4.69) is 20.9 Å². The average Bonchev–Trinajstić information content (AvgIpc) is 3.03. The first-order valence-corrected chi connectivity index (χ1v) is 9.03. The summed E-state index contributed by atoms with van der Waals surface area (Å²) in [7, 11) is 0. The van der Waals surface area contributed by atoms with E-state index in [1.54, 1.807) is 10.7 Å². The van der Waals surface area contributed by atoms with Crippen LogP contribution < -0.4 is 10.6 Å². The minimum absolute atomic E-state index is 0.141. The molecule has 0 fully saturated rings. The Morgan fingerprint density at radius 2 is 1.82 bits per heavy atom. The summed E-state index contributed by atoms with van der Waals surface area (Å²) in [4.78, 5) is 24.0. The van der Waals surface area contributed by atoms with Gasteiger partial charge >= 0.3 is 0 Å². The highest BCUT2D eigenvalue weighted by molar-refractivity contribution is 5.93. The second-order valence-electron chi connectivity index (χ2n) is 6.78. The molecular weight excluding hydrogens is 354 g/mol. The topological polar surface area (TPSA) is 88.9 Å². The molecule has 1 heterocycles. The first-order valence-electron chi connectivity index (χ1n) is 9.03. The number of nitrogens with one attached hydrogen (secondary N) is 2. The standard InChI is InChI=1S/C21H23N5O2/c1-13-7-5-10-19(11-13)26-15(3)20(24-25-26)21(28)22-14(2)17-8-6-9-18(12-17)23-16(4)27/h5-12,14H,1-4H3,(H,22,28)(H,23,27). The van der Waals surface area contributed by atoms with Crippen LogP contribution in [0.1, 0.15) is 47.2 Å². The summed E-state index contributed by atoms with van der Waals surface area (Å²) < 4.78 is 1.66. The van der Waals surface area contributed by atoms with E-state index in [0.717, 1.165) is 16.8 Å². The number of hydrogen-bond donors (Lipinski definition) is 2. The minimum atomic E-state index is -0.297. The van der Waals surface area contributed by atoms with Gasteiger partial charge in [-0.25, -0.2) is 4.68 Å². The summed E-state index contributed by atoms with van der Waals surface area (Å²) in [5.74, 6) is -0.439. The molecule has 1 atom stereocenters. The number of benzene rings is 2. The van der Waals surface area contributed by atoms with Crippen molar-refractivity contribution < 1.29 is 9.59 Å². The fraction of sp³-hybridized carbons (Fsp3) is 0.238. The molecule has 0 radical (unpaired) electrons. The Bertz CT molecular complexity index is 1030. The molecule has 1 aromatic heterocycles. The van der Waals surface area contributed by atoms with Crippen molar-refractivity contribution >= 4 is 17.5 Å². The second kappa shape index (κ2) is 8.04. The quantitative estimate of drug-likeness (QED) is 0.714. The van der Waals surface area contributed by atoms with Gasteiger partial charge in [-0.1, -0.05) is 29.5 Å². The van der Waals surface area contributed by atoms with Crippen LogP contribution in [0.5, 0.6) is 0 Å². The molecular formula is C21H23N5O2. The number of anilines is 1. The molecule has 0 saturated heterocycles. The second-order valence-corrected chi connectivity index (χ2v) is 6.78. The highest BCUT2D eigenvalue weighted by Gasteiger charge is 2.19. The fourth-order valence-corrected chi connectivity index (χ4v) is 2.98. The molecule has 2 aromatic carbocycles. The summed E-state index contributed by atoms with van der Waals surface area (Å²) in [6, 6.07) is 15.0. The van der Waals surface area contributed by atoms with Crippen molar-refractivity contribution in [1.29, 1.82) is 0 Å². The Labute approximate surface area is 163 Å². The predicted molar refractivity (Wildman–Crippen MR) is 107 cm³/mol. The van der Waals surface area contributed by atoms with Crippen LogP contribution in [0.15, 0.2) is 48.5 Å². The summed E-state index contributed by atoms with van der Waals surface area (Å²) in [5, 5.41) is 13.9. The summed E-state index contributed by atoms with van der Waals surface area (Å²) in [6.45, 7) is 7.16. The SMILES string of the molecule is CC(=O)Nc1cccc(C(C)NC(=O)c2nnn(-c3cccc(C)c3)c2C)c1. The molecule has 1 unspecified atom stereocenters. The van der Waals surface area contributed by atoms with Crippen molar-refractivity contribution in [2.75, 3.05) is 5.32 Å². The highest BCUT2D eigenvalue weighted by Crippen LogP contribution is 2.19. The smallest absolute Gasteiger partial charge is 0.274 e. The summed E-state index contributed by atoms with van der Waals surface area (Å²) in [6.07, 6.45) is 0. The lowest BCUT2D eigenvalue weighted by molar-refractivity contribution is -0.114. The lowest BCUT2D eigenvalue weighted by Crippen LogP contribution is -2.27. The number of rotatable bonds is 5. The van der Waals surface area contributed by atoms with Gasteiger partial charge in [0, 0.05) is 12.6 Å². The van der Waals surface area contributed by atoms with Crippen LogP contribution in [0, 0.1) is 13.8 Å². The Balaban J connectivity index is 1.77. The first kappa shape index (κ1) is 19.3. The molecule has 0 aliphatic heterocycles. The molecule has 2 amide bonds. The Morgan fingerprint density at radius 3 is 2.54 bits per heavy atom. The molecule has 7 heteroatoms. The molecule has 7 nitrogen and oxygen atoms in total. The average molecular weight is 377 g/mol. The molecule has 0 aliphatic rings. The maximum atomic E-state index is 12.7. The summed E-state index contributed by atoms with van der Waals surface area (Å²) in [5.41, 5.74) is 4.48. The van der Waals surface area contributed by atoms with Crippen molar-refractivity contribution in [1.82, 2.24) is 20.3 Å². The van der Waals surface area contributed by atoms with Crippen molar-refractivity contribution in [2.24, 2.45) is 0 Å². The normalized spacial score (nSPS) is 11.7. The number of carbonyl (C=O) groups is 2. The van der Waals surface area contributed by atoms with Gasteiger partial charge in [-0.05, 0) is 56.2 Å². The molecule has 2 N–H and O–H groups in total. The van der Waals surface area contributed by atoms with Gasteiger partial charge in [0.15, 0.2) is 5.69 Å². The van der Waals surface area contributed by atoms with E-state index >= 15 is 0 Å². The van der Waals surface area contributed by atoms with Gasteiger partial charge in [-0.15, -0.1) is 5.10 Å². The molecule has 0 saturated carbocycles. The molecule has 0 aliphatic carbocycles. The molecule has 144 valence electrons. The van der Waals surface area contributed by atoms with Gasteiger partial charge in [-0.3, -0.25) is 9.59 Å². The number of aryl methyl sites for hydroxylation is 1. The lowest BCUT2D eigenvalue weighted by Gasteiger charge is -2.15. The van der Waals surface area contributed by atoms with Crippen molar-refractivity contribution in [3.8, 4) is 5.69 Å². The Morgan fingerprint density at radius 1 is 1.07 bits per heavy atom. The van der Waals surface area contributed by atoms with Crippen LogP contribution in [0.2, 0.25) is 0 Å². The van der Waals surface area contributed by atoms with E-state index in [9.17, 15) is 9.59 Å². The van der Waals surface area contributed by atoms with Gasteiger partial charge < -0.3 is 10.6 Å². The van der Waals surface area contributed by atoms with Gasteiger partial charge in [0.25, 0.3) is 5.91 Å². The Kier molecular flexibility index (Phi) is 5.54. The van der Waals surface area contributed by atoms with Crippen LogP contribution in [0.3, 0.4) is 0 Å². The zero-order valence-electron chi connectivity index (χ0n) is 16.4.